The summed E-state index contributed by atoms with van der Waals surface area (Å²) < 4.78 is 0. The van der Waals surface area contributed by atoms with Crippen molar-refractivity contribution in [2.75, 3.05) is 12.4 Å². The standard InChI is InChI=1S/C17H28ClNO/c1-12(2)19(5-3-4-18)16(20)17-9-13-6-14(10-17)8-15(7-13)11-17/h12-15H,3-11H2,1-2H3. The van der Waals surface area contributed by atoms with Gasteiger partial charge in [-0.15, -0.1) is 11.6 Å². The average Bonchev–Trinajstić information content (AvgIpc) is 2.37. The van der Waals surface area contributed by atoms with Gasteiger partial charge in [-0.2, -0.15) is 0 Å². The van der Waals surface area contributed by atoms with Gasteiger partial charge in [-0.3, -0.25) is 4.79 Å². The number of carbonyl (C=O) groups is 1. The van der Waals surface area contributed by atoms with Crippen LogP contribution in [0.15, 0.2) is 0 Å². The molecule has 0 aromatic rings. The Morgan fingerprint density at radius 3 is 2.05 bits per heavy atom. The number of amides is 1. The Kier molecular flexibility index (Phi) is 4.05. The molecule has 0 N–H and O–H groups in total. The van der Waals surface area contributed by atoms with E-state index in [0.717, 1.165) is 30.7 Å². The van der Waals surface area contributed by atoms with E-state index in [1.54, 1.807) is 0 Å². The highest BCUT2D eigenvalue weighted by molar-refractivity contribution is 6.17. The highest BCUT2D eigenvalue weighted by Crippen LogP contribution is 2.60. The highest BCUT2D eigenvalue weighted by atomic mass is 35.5. The van der Waals surface area contributed by atoms with Gasteiger partial charge in [0.2, 0.25) is 5.91 Å². The molecule has 4 aliphatic rings. The van der Waals surface area contributed by atoms with Crippen molar-refractivity contribution in [1.82, 2.24) is 4.90 Å². The second-order valence-corrected chi connectivity index (χ2v) is 8.21. The first kappa shape index (κ1) is 14.7. The first-order valence-electron chi connectivity index (χ1n) is 8.41. The van der Waals surface area contributed by atoms with Gasteiger partial charge in [-0.25, -0.2) is 0 Å². The molecule has 0 radical (unpaired) electrons. The monoisotopic (exact) mass is 297 g/mol. The summed E-state index contributed by atoms with van der Waals surface area (Å²) >= 11 is 5.84. The molecule has 3 heteroatoms. The summed E-state index contributed by atoms with van der Waals surface area (Å²) in [7, 11) is 0. The van der Waals surface area contributed by atoms with E-state index < -0.39 is 0 Å². The van der Waals surface area contributed by atoms with Crippen molar-refractivity contribution in [3.63, 3.8) is 0 Å². The zero-order valence-corrected chi connectivity index (χ0v) is 13.7. The summed E-state index contributed by atoms with van der Waals surface area (Å²) in [6.07, 6.45) is 8.62. The number of rotatable bonds is 5. The van der Waals surface area contributed by atoms with E-state index >= 15 is 0 Å². The van der Waals surface area contributed by atoms with Crippen LogP contribution in [0.25, 0.3) is 0 Å². The SMILES string of the molecule is CC(C)N(CCCCl)C(=O)C12CC3CC(CC(C3)C1)C2. The van der Waals surface area contributed by atoms with E-state index in [1.165, 1.54) is 38.5 Å². The Hall–Kier alpha value is -0.240. The van der Waals surface area contributed by atoms with Crippen LogP contribution in [-0.4, -0.2) is 29.3 Å². The third-order valence-corrected chi connectivity index (χ3v) is 6.18. The van der Waals surface area contributed by atoms with Crippen molar-refractivity contribution in [2.45, 2.75) is 64.8 Å². The number of alkyl halides is 1. The van der Waals surface area contributed by atoms with Crippen LogP contribution in [0.3, 0.4) is 0 Å². The molecule has 1 amide bonds. The van der Waals surface area contributed by atoms with E-state index in [2.05, 4.69) is 18.7 Å². The molecule has 4 fully saturated rings. The van der Waals surface area contributed by atoms with Gasteiger partial charge in [-0.1, -0.05) is 0 Å². The van der Waals surface area contributed by atoms with Crippen molar-refractivity contribution < 1.29 is 4.79 Å². The molecule has 0 spiro atoms. The van der Waals surface area contributed by atoms with Gasteiger partial charge in [0.05, 0.1) is 5.41 Å². The Balaban J connectivity index is 1.78. The normalized spacial score (nSPS) is 38.5. The Morgan fingerprint density at radius 2 is 1.65 bits per heavy atom. The van der Waals surface area contributed by atoms with E-state index in [9.17, 15) is 4.79 Å². The Morgan fingerprint density at radius 1 is 1.15 bits per heavy atom. The van der Waals surface area contributed by atoms with Crippen molar-refractivity contribution in [1.29, 1.82) is 0 Å². The lowest BCUT2D eigenvalue weighted by atomic mass is 9.49. The third kappa shape index (κ3) is 2.49. The van der Waals surface area contributed by atoms with Crippen LogP contribution in [0.5, 0.6) is 0 Å². The summed E-state index contributed by atoms with van der Waals surface area (Å²) in [5.41, 5.74) is 0.00529. The minimum atomic E-state index is 0.00529. The van der Waals surface area contributed by atoms with Crippen LogP contribution in [0.1, 0.15) is 58.8 Å². The molecule has 4 bridgehead atoms. The molecule has 0 aliphatic heterocycles. The summed E-state index contributed by atoms with van der Waals surface area (Å²) in [5.74, 6) is 3.63. The predicted octanol–water partition coefficient (Wildman–Crippen LogP) is 4.07. The van der Waals surface area contributed by atoms with E-state index in [-0.39, 0.29) is 5.41 Å². The first-order chi connectivity index (χ1) is 9.54. The smallest absolute Gasteiger partial charge is 0.229 e. The van der Waals surface area contributed by atoms with Crippen LogP contribution in [0.4, 0.5) is 0 Å². The predicted molar refractivity (Wildman–Crippen MR) is 82.8 cm³/mol. The lowest BCUT2D eigenvalue weighted by Gasteiger charge is -2.57. The molecule has 0 unspecified atom stereocenters. The topological polar surface area (TPSA) is 20.3 Å². The quantitative estimate of drug-likeness (QED) is 0.701. The molecule has 2 nitrogen and oxygen atoms in total. The van der Waals surface area contributed by atoms with Crippen molar-refractivity contribution in [3.05, 3.63) is 0 Å². The van der Waals surface area contributed by atoms with Crippen LogP contribution in [0.2, 0.25) is 0 Å². The van der Waals surface area contributed by atoms with Gasteiger partial charge in [0.15, 0.2) is 0 Å². The molecule has 0 heterocycles. The minimum Gasteiger partial charge on any atom is -0.340 e. The van der Waals surface area contributed by atoms with E-state index in [1.807, 2.05) is 0 Å². The first-order valence-corrected chi connectivity index (χ1v) is 8.94. The van der Waals surface area contributed by atoms with Crippen LogP contribution >= 0.6 is 11.6 Å². The van der Waals surface area contributed by atoms with Gasteiger partial charge >= 0.3 is 0 Å². The molecular formula is C17H28ClNO. The zero-order valence-electron chi connectivity index (χ0n) is 12.9. The molecule has 0 aromatic heterocycles. The number of carbonyl (C=O) groups excluding carboxylic acids is 1. The Bertz CT molecular complexity index is 344. The lowest BCUT2D eigenvalue weighted by Crippen LogP contribution is -2.56. The molecule has 114 valence electrons. The van der Waals surface area contributed by atoms with Crippen molar-refractivity contribution >= 4 is 17.5 Å². The average molecular weight is 298 g/mol. The van der Waals surface area contributed by atoms with E-state index in [0.29, 0.717) is 17.8 Å². The summed E-state index contributed by atoms with van der Waals surface area (Å²) in [5, 5.41) is 0. The minimum absolute atomic E-state index is 0.00529. The summed E-state index contributed by atoms with van der Waals surface area (Å²) in [6, 6.07) is 0.304. The molecular weight excluding hydrogens is 270 g/mol. The number of hydrogen-bond acceptors (Lipinski definition) is 1. The van der Waals surface area contributed by atoms with E-state index in [4.69, 9.17) is 11.6 Å². The largest absolute Gasteiger partial charge is 0.340 e. The molecule has 4 rings (SSSR count). The molecule has 4 aliphatic carbocycles. The second-order valence-electron chi connectivity index (χ2n) is 7.83. The van der Waals surface area contributed by atoms with Gasteiger partial charge in [0.1, 0.15) is 0 Å². The summed E-state index contributed by atoms with van der Waals surface area (Å²) in [6.45, 7) is 5.13. The fraction of sp³-hybridized carbons (Fsp3) is 0.941. The zero-order chi connectivity index (χ0) is 14.3. The molecule has 20 heavy (non-hydrogen) atoms. The maximum atomic E-state index is 13.2. The van der Waals surface area contributed by atoms with Gasteiger partial charge < -0.3 is 4.90 Å². The van der Waals surface area contributed by atoms with Gasteiger partial charge in [0, 0.05) is 18.5 Å². The van der Waals surface area contributed by atoms with Crippen molar-refractivity contribution in [3.8, 4) is 0 Å². The fourth-order valence-electron chi connectivity index (χ4n) is 5.50. The lowest BCUT2D eigenvalue weighted by molar-refractivity contribution is -0.159. The highest BCUT2D eigenvalue weighted by Gasteiger charge is 2.55. The second kappa shape index (κ2) is 5.51. The fourth-order valence-corrected chi connectivity index (χ4v) is 5.62. The molecule has 0 saturated heterocycles. The number of nitrogens with zero attached hydrogens (tertiary/aromatic N) is 1. The van der Waals surface area contributed by atoms with Crippen LogP contribution < -0.4 is 0 Å². The van der Waals surface area contributed by atoms with Gasteiger partial charge in [0.25, 0.3) is 0 Å². The number of halogens is 1. The maximum absolute atomic E-state index is 13.2. The molecule has 4 saturated carbocycles. The number of hydrogen-bond donors (Lipinski definition) is 0. The van der Waals surface area contributed by atoms with Crippen LogP contribution in [0, 0.1) is 23.2 Å². The Labute approximate surface area is 128 Å². The molecule has 0 atom stereocenters. The maximum Gasteiger partial charge on any atom is 0.229 e. The van der Waals surface area contributed by atoms with Crippen LogP contribution in [-0.2, 0) is 4.79 Å². The summed E-state index contributed by atoms with van der Waals surface area (Å²) in [4.78, 5) is 15.3. The van der Waals surface area contributed by atoms with Crippen molar-refractivity contribution in [2.24, 2.45) is 23.2 Å². The molecule has 0 aromatic carbocycles. The third-order valence-electron chi connectivity index (χ3n) is 5.91. The van der Waals surface area contributed by atoms with Gasteiger partial charge in [-0.05, 0) is 76.5 Å².